The van der Waals surface area contributed by atoms with Gasteiger partial charge in [0.1, 0.15) is 5.75 Å². The lowest BCUT2D eigenvalue weighted by Crippen LogP contribution is -2.08. The lowest BCUT2D eigenvalue weighted by Gasteiger charge is -2.17. The van der Waals surface area contributed by atoms with Gasteiger partial charge in [0.25, 0.3) is 0 Å². The summed E-state index contributed by atoms with van der Waals surface area (Å²) in [5, 5.41) is 9.22. The molecule has 1 aliphatic rings. The molecule has 0 amide bonds. The summed E-state index contributed by atoms with van der Waals surface area (Å²) >= 11 is 0. The van der Waals surface area contributed by atoms with Gasteiger partial charge in [0.2, 0.25) is 6.79 Å². The van der Waals surface area contributed by atoms with Crippen LogP contribution in [0.1, 0.15) is 23.5 Å². The third-order valence-corrected chi connectivity index (χ3v) is 3.70. The number of carboxylic acid groups (broad SMARTS) is 1. The SMILES string of the molecule is COc1ccc([C@H](CC(=O)O)c2ccc3c(c2)OCO3)cc1. The van der Waals surface area contributed by atoms with Crippen molar-refractivity contribution < 1.29 is 24.1 Å². The van der Waals surface area contributed by atoms with Crippen LogP contribution in [0.3, 0.4) is 0 Å². The number of methoxy groups -OCH3 is 1. The van der Waals surface area contributed by atoms with Gasteiger partial charge >= 0.3 is 5.97 Å². The third kappa shape index (κ3) is 2.83. The van der Waals surface area contributed by atoms with Gasteiger partial charge in [-0.2, -0.15) is 0 Å². The minimum absolute atomic E-state index is 0.00593. The van der Waals surface area contributed by atoms with Crippen molar-refractivity contribution in [1.82, 2.24) is 0 Å². The largest absolute Gasteiger partial charge is 0.497 e. The average molecular weight is 300 g/mol. The lowest BCUT2D eigenvalue weighted by molar-refractivity contribution is -0.137. The van der Waals surface area contributed by atoms with Crippen LogP contribution in [0.2, 0.25) is 0 Å². The van der Waals surface area contributed by atoms with E-state index in [9.17, 15) is 9.90 Å². The molecular weight excluding hydrogens is 284 g/mol. The summed E-state index contributed by atoms with van der Waals surface area (Å²) in [6, 6.07) is 13.0. The van der Waals surface area contributed by atoms with Crippen LogP contribution in [0, 0.1) is 0 Å². The van der Waals surface area contributed by atoms with Crippen LogP contribution >= 0.6 is 0 Å². The Kier molecular flexibility index (Phi) is 3.87. The maximum atomic E-state index is 11.2. The average Bonchev–Trinajstić information content (AvgIpc) is 3.00. The molecule has 3 rings (SSSR count). The molecule has 2 aromatic carbocycles. The summed E-state index contributed by atoms with van der Waals surface area (Å²) in [6.45, 7) is 0.199. The molecule has 0 saturated carbocycles. The lowest BCUT2D eigenvalue weighted by atomic mass is 9.88. The number of benzene rings is 2. The molecule has 2 aromatic rings. The van der Waals surface area contributed by atoms with Crippen LogP contribution in [-0.2, 0) is 4.79 Å². The number of carboxylic acids is 1. The molecule has 0 bridgehead atoms. The smallest absolute Gasteiger partial charge is 0.304 e. The van der Waals surface area contributed by atoms with Gasteiger partial charge in [-0.25, -0.2) is 0 Å². The van der Waals surface area contributed by atoms with Gasteiger partial charge in [0.05, 0.1) is 13.5 Å². The van der Waals surface area contributed by atoms with Gasteiger partial charge in [-0.3, -0.25) is 4.79 Å². The monoisotopic (exact) mass is 300 g/mol. The number of fused-ring (bicyclic) bond motifs is 1. The molecule has 0 unspecified atom stereocenters. The van der Waals surface area contributed by atoms with Crippen LogP contribution in [0.5, 0.6) is 17.2 Å². The fourth-order valence-electron chi connectivity index (χ4n) is 2.57. The van der Waals surface area contributed by atoms with Crippen molar-refractivity contribution >= 4 is 5.97 Å². The van der Waals surface area contributed by atoms with E-state index in [1.165, 1.54) is 0 Å². The molecule has 1 heterocycles. The highest BCUT2D eigenvalue weighted by atomic mass is 16.7. The Morgan fingerprint density at radius 2 is 1.82 bits per heavy atom. The Balaban J connectivity index is 1.96. The Labute approximate surface area is 128 Å². The van der Waals surface area contributed by atoms with Crippen LogP contribution in [0.25, 0.3) is 0 Å². The minimum atomic E-state index is -0.849. The number of hydrogen-bond donors (Lipinski definition) is 1. The van der Waals surface area contributed by atoms with Crippen molar-refractivity contribution in [2.75, 3.05) is 13.9 Å². The number of ether oxygens (including phenoxy) is 3. The zero-order chi connectivity index (χ0) is 15.5. The van der Waals surface area contributed by atoms with Crippen molar-refractivity contribution in [2.24, 2.45) is 0 Å². The van der Waals surface area contributed by atoms with Crippen molar-refractivity contribution in [2.45, 2.75) is 12.3 Å². The standard InChI is InChI=1S/C17H16O5/c1-20-13-5-2-11(3-6-13)14(9-17(18)19)12-4-7-15-16(8-12)22-10-21-15/h2-8,14H,9-10H2,1H3,(H,18,19)/t14-/m0/s1. The highest BCUT2D eigenvalue weighted by Gasteiger charge is 2.21. The predicted molar refractivity (Wildman–Crippen MR) is 79.7 cm³/mol. The highest BCUT2D eigenvalue weighted by Crippen LogP contribution is 2.37. The fourth-order valence-corrected chi connectivity index (χ4v) is 2.57. The van der Waals surface area contributed by atoms with E-state index in [0.29, 0.717) is 11.5 Å². The van der Waals surface area contributed by atoms with Gasteiger partial charge in [0.15, 0.2) is 11.5 Å². The van der Waals surface area contributed by atoms with Crippen LogP contribution in [0.15, 0.2) is 42.5 Å². The Morgan fingerprint density at radius 1 is 1.14 bits per heavy atom. The van der Waals surface area contributed by atoms with Crippen LogP contribution < -0.4 is 14.2 Å². The Hall–Kier alpha value is -2.69. The number of aliphatic carboxylic acids is 1. The molecule has 0 aliphatic carbocycles. The summed E-state index contributed by atoms with van der Waals surface area (Å²) in [6.07, 6.45) is 0.00593. The van der Waals surface area contributed by atoms with Crippen molar-refractivity contribution in [3.8, 4) is 17.2 Å². The molecular formula is C17H16O5. The topological polar surface area (TPSA) is 65.0 Å². The minimum Gasteiger partial charge on any atom is -0.497 e. The molecule has 1 atom stereocenters. The number of rotatable bonds is 5. The van der Waals surface area contributed by atoms with E-state index in [2.05, 4.69) is 0 Å². The maximum Gasteiger partial charge on any atom is 0.304 e. The second kappa shape index (κ2) is 5.97. The molecule has 0 spiro atoms. The normalized spacial score (nSPS) is 13.7. The first-order valence-electron chi connectivity index (χ1n) is 6.92. The van der Waals surface area contributed by atoms with E-state index < -0.39 is 5.97 Å². The first-order valence-corrected chi connectivity index (χ1v) is 6.92. The molecule has 0 aromatic heterocycles. The molecule has 1 N–H and O–H groups in total. The van der Waals surface area contributed by atoms with E-state index in [-0.39, 0.29) is 19.1 Å². The van der Waals surface area contributed by atoms with Gasteiger partial charge in [-0.05, 0) is 35.4 Å². The van der Waals surface area contributed by atoms with Gasteiger partial charge in [-0.15, -0.1) is 0 Å². The second-order valence-corrected chi connectivity index (χ2v) is 5.04. The summed E-state index contributed by atoms with van der Waals surface area (Å²) in [5.74, 6) is 0.980. The van der Waals surface area contributed by atoms with E-state index in [4.69, 9.17) is 14.2 Å². The summed E-state index contributed by atoms with van der Waals surface area (Å²) in [7, 11) is 1.60. The van der Waals surface area contributed by atoms with E-state index in [0.717, 1.165) is 16.9 Å². The highest BCUT2D eigenvalue weighted by molar-refractivity contribution is 5.69. The fraction of sp³-hybridized carbons (Fsp3) is 0.235. The molecule has 22 heavy (non-hydrogen) atoms. The van der Waals surface area contributed by atoms with Crippen molar-refractivity contribution in [3.63, 3.8) is 0 Å². The van der Waals surface area contributed by atoms with Gasteiger partial charge in [-0.1, -0.05) is 18.2 Å². The van der Waals surface area contributed by atoms with Gasteiger partial charge < -0.3 is 19.3 Å². The Bertz CT molecular complexity index is 678. The molecule has 0 radical (unpaired) electrons. The molecule has 114 valence electrons. The van der Waals surface area contributed by atoms with Crippen LogP contribution in [0.4, 0.5) is 0 Å². The maximum absolute atomic E-state index is 11.2. The zero-order valence-corrected chi connectivity index (χ0v) is 12.1. The summed E-state index contributed by atoms with van der Waals surface area (Å²) < 4.78 is 15.8. The zero-order valence-electron chi connectivity index (χ0n) is 12.1. The molecule has 0 saturated heterocycles. The molecule has 1 aliphatic heterocycles. The third-order valence-electron chi connectivity index (χ3n) is 3.70. The molecule has 0 fully saturated rings. The van der Waals surface area contributed by atoms with Crippen molar-refractivity contribution in [1.29, 1.82) is 0 Å². The van der Waals surface area contributed by atoms with E-state index in [1.807, 2.05) is 42.5 Å². The number of hydrogen-bond acceptors (Lipinski definition) is 4. The summed E-state index contributed by atoms with van der Waals surface area (Å²) in [4.78, 5) is 11.2. The van der Waals surface area contributed by atoms with E-state index in [1.54, 1.807) is 7.11 Å². The number of carbonyl (C=O) groups is 1. The predicted octanol–water partition coefficient (Wildman–Crippen LogP) is 3.03. The summed E-state index contributed by atoms with van der Waals surface area (Å²) in [5.41, 5.74) is 1.80. The molecule has 5 heteroatoms. The van der Waals surface area contributed by atoms with Crippen LogP contribution in [-0.4, -0.2) is 25.0 Å². The first-order chi connectivity index (χ1) is 10.7. The Morgan fingerprint density at radius 3 is 2.50 bits per heavy atom. The van der Waals surface area contributed by atoms with Crippen molar-refractivity contribution in [3.05, 3.63) is 53.6 Å². The van der Waals surface area contributed by atoms with E-state index >= 15 is 0 Å². The van der Waals surface area contributed by atoms with Gasteiger partial charge in [0, 0.05) is 5.92 Å². The quantitative estimate of drug-likeness (QED) is 0.919. The molecule has 5 nitrogen and oxygen atoms in total. The first kappa shape index (κ1) is 14.3. The second-order valence-electron chi connectivity index (χ2n) is 5.04.